The summed E-state index contributed by atoms with van der Waals surface area (Å²) >= 11 is 0. The molecule has 3 rings (SSSR count). The summed E-state index contributed by atoms with van der Waals surface area (Å²) in [5.41, 5.74) is 2.42. The normalized spacial score (nSPS) is 10.6. The van der Waals surface area contributed by atoms with Crippen LogP contribution < -0.4 is 38.0 Å². The molecule has 1 aromatic heterocycles. The van der Waals surface area contributed by atoms with Gasteiger partial charge in [0.15, 0.2) is 6.20 Å². The van der Waals surface area contributed by atoms with Gasteiger partial charge in [0, 0.05) is 17.7 Å². The number of methoxy groups -OCH3 is 1. The number of para-hydroxylation sites is 1. The standard InChI is InChI=1S/C37H51N2O4.HI/c1-5-6-7-8-9-10-11-12-13-14-15-20-27-43-32-24-25-33(30(2)28-32)36(40)39(29-31-21-18-19-26-38(31)3)37(41)34-22-16-17-23-35(34)42-4;/h16-19,21-26,28H,5-15,20,27,29H2,1-4H3;1H/q+1;/p-1. The number of aryl methyl sites for hydroxylation is 2. The number of imide groups is 1. The molecule has 0 radical (unpaired) electrons. The largest absolute Gasteiger partial charge is 1.00 e. The van der Waals surface area contributed by atoms with Crippen molar-refractivity contribution < 1.29 is 47.6 Å². The Bertz CT molecular complexity index is 1300. The third-order valence-corrected chi connectivity index (χ3v) is 8.01. The van der Waals surface area contributed by atoms with Crippen LogP contribution in [0.2, 0.25) is 0 Å². The molecule has 3 aromatic rings. The molecule has 2 aromatic carbocycles. The lowest BCUT2D eigenvalue weighted by atomic mass is 10.1. The molecule has 6 nitrogen and oxygen atoms in total. The highest BCUT2D eigenvalue weighted by atomic mass is 127. The van der Waals surface area contributed by atoms with Crippen LogP contribution in [0.1, 0.15) is 116 Å². The maximum absolute atomic E-state index is 13.9. The Kier molecular flexibility index (Phi) is 17.7. The quantitative estimate of drug-likeness (QED) is 0.0724. The number of amides is 2. The van der Waals surface area contributed by atoms with Crippen molar-refractivity contribution in [3.05, 3.63) is 89.2 Å². The number of nitrogens with zero attached hydrogens (tertiary/aromatic N) is 2. The molecule has 240 valence electrons. The van der Waals surface area contributed by atoms with Gasteiger partial charge in [-0.15, -0.1) is 0 Å². The molecule has 0 aliphatic carbocycles. The van der Waals surface area contributed by atoms with Crippen molar-refractivity contribution in [1.82, 2.24) is 4.90 Å². The zero-order chi connectivity index (χ0) is 30.9. The predicted molar refractivity (Wildman–Crippen MR) is 173 cm³/mol. The number of carbonyl (C=O) groups is 2. The highest BCUT2D eigenvalue weighted by Gasteiger charge is 2.29. The van der Waals surface area contributed by atoms with Crippen LogP contribution in [-0.2, 0) is 13.6 Å². The fourth-order valence-electron chi connectivity index (χ4n) is 5.33. The van der Waals surface area contributed by atoms with Gasteiger partial charge in [-0.2, -0.15) is 0 Å². The van der Waals surface area contributed by atoms with E-state index >= 15 is 0 Å². The molecule has 0 saturated carbocycles. The molecule has 7 heteroatoms. The second kappa shape index (κ2) is 20.9. The summed E-state index contributed by atoms with van der Waals surface area (Å²) in [7, 11) is 3.43. The lowest BCUT2D eigenvalue weighted by Crippen LogP contribution is -3.00. The van der Waals surface area contributed by atoms with Crippen molar-refractivity contribution in [3.63, 3.8) is 0 Å². The van der Waals surface area contributed by atoms with E-state index in [1.54, 1.807) is 30.3 Å². The third kappa shape index (κ3) is 11.9. The molecule has 0 bridgehead atoms. The van der Waals surface area contributed by atoms with Crippen LogP contribution >= 0.6 is 0 Å². The fourth-order valence-corrected chi connectivity index (χ4v) is 5.33. The first-order valence-corrected chi connectivity index (χ1v) is 16.1. The van der Waals surface area contributed by atoms with Gasteiger partial charge < -0.3 is 33.5 Å². The van der Waals surface area contributed by atoms with Crippen LogP contribution in [0.15, 0.2) is 66.9 Å². The van der Waals surface area contributed by atoms with Crippen LogP contribution in [0, 0.1) is 6.92 Å². The van der Waals surface area contributed by atoms with E-state index in [-0.39, 0.29) is 36.4 Å². The minimum Gasteiger partial charge on any atom is -1.00 e. The first kappa shape index (κ1) is 37.2. The van der Waals surface area contributed by atoms with Crippen molar-refractivity contribution in [2.45, 2.75) is 97.4 Å². The molecular weight excluding hydrogens is 663 g/mol. The Morgan fingerprint density at radius 2 is 1.34 bits per heavy atom. The van der Waals surface area contributed by atoms with Gasteiger partial charge in [0.25, 0.3) is 11.8 Å². The van der Waals surface area contributed by atoms with Crippen LogP contribution in [0.5, 0.6) is 11.5 Å². The number of halogens is 1. The van der Waals surface area contributed by atoms with E-state index in [0.717, 1.165) is 23.4 Å². The van der Waals surface area contributed by atoms with Crippen LogP contribution in [-0.4, -0.2) is 30.4 Å². The Hall–Kier alpha value is -2.94. The molecule has 0 aliphatic rings. The van der Waals surface area contributed by atoms with Gasteiger partial charge in [-0.05, 0) is 49.2 Å². The van der Waals surface area contributed by atoms with Gasteiger partial charge in [0.2, 0.25) is 5.69 Å². The van der Waals surface area contributed by atoms with Crippen molar-refractivity contribution in [2.24, 2.45) is 7.05 Å². The Labute approximate surface area is 282 Å². The van der Waals surface area contributed by atoms with Crippen molar-refractivity contribution in [3.8, 4) is 11.5 Å². The highest BCUT2D eigenvalue weighted by Crippen LogP contribution is 2.24. The Morgan fingerprint density at radius 3 is 1.95 bits per heavy atom. The van der Waals surface area contributed by atoms with Gasteiger partial charge in [0.1, 0.15) is 25.1 Å². The van der Waals surface area contributed by atoms with Crippen LogP contribution in [0.4, 0.5) is 0 Å². The molecule has 0 spiro atoms. The van der Waals surface area contributed by atoms with Crippen LogP contribution in [0.3, 0.4) is 0 Å². The molecule has 2 amide bonds. The average molecular weight is 715 g/mol. The number of pyridine rings is 1. The number of hydrogen-bond donors (Lipinski definition) is 0. The molecule has 0 saturated heterocycles. The smallest absolute Gasteiger partial charge is 0.265 e. The van der Waals surface area contributed by atoms with Gasteiger partial charge >= 0.3 is 0 Å². The summed E-state index contributed by atoms with van der Waals surface area (Å²) in [5, 5.41) is 0. The van der Waals surface area contributed by atoms with Crippen molar-refractivity contribution in [2.75, 3.05) is 13.7 Å². The highest BCUT2D eigenvalue weighted by molar-refractivity contribution is 6.11. The Morgan fingerprint density at radius 1 is 0.750 bits per heavy atom. The maximum Gasteiger partial charge on any atom is 0.265 e. The summed E-state index contributed by atoms with van der Waals surface area (Å²) in [6, 6.07) is 18.2. The maximum atomic E-state index is 13.9. The molecule has 0 atom stereocenters. The number of unbranched alkanes of at least 4 members (excludes halogenated alkanes) is 11. The molecule has 1 heterocycles. The van der Waals surface area contributed by atoms with Crippen molar-refractivity contribution in [1.29, 1.82) is 0 Å². The minimum absolute atomic E-state index is 0. The zero-order valence-electron chi connectivity index (χ0n) is 27.2. The number of hydrogen-bond acceptors (Lipinski definition) is 4. The Balaban J connectivity index is 0.00000675. The number of ether oxygens (including phenoxy) is 2. The monoisotopic (exact) mass is 714 g/mol. The van der Waals surface area contributed by atoms with E-state index < -0.39 is 5.91 Å². The summed E-state index contributed by atoms with van der Waals surface area (Å²) in [6.07, 6.45) is 17.6. The summed E-state index contributed by atoms with van der Waals surface area (Å²) in [6.45, 7) is 4.94. The first-order chi connectivity index (χ1) is 21.0. The molecule has 44 heavy (non-hydrogen) atoms. The average Bonchev–Trinajstić information content (AvgIpc) is 3.02. The van der Waals surface area contributed by atoms with Gasteiger partial charge in [-0.25, -0.2) is 4.57 Å². The first-order valence-electron chi connectivity index (χ1n) is 16.1. The SMILES string of the molecule is CCCCCCCCCCCCCCOc1ccc(C(=O)N(Cc2cccc[n+]2C)C(=O)c2ccccc2OC)c(C)c1.[I-]. The number of benzene rings is 2. The number of rotatable bonds is 19. The second-order valence-electron chi connectivity index (χ2n) is 11.4. The summed E-state index contributed by atoms with van der Waals surface area (Å²) < 4.78 is 13.4. The van der Waals surface area contributed by atoms with E-state index in [1.807, 2.05) is 55.1 Å². The lowest BCUT2D eigenvalue weighted by molar-refractivity contribution is -0.679. The van der Waals surface area contributed by atoms with E-state index in [4.69, 9.17) is 9.47 Å². The molecular formula is C37H51IN2O4. The van der Waals surface area contributed by atoms with Gasteiger partial charge in [-0.3, -0.25) is 14.5 Å². The molecule has 0 aliphatic heterocycles. The van der Waals surface area contributed by atoms with E-state index in [9.17, 15) is 9.59 Å². The third-order valence-electron chi connectivity index (χ3n) is 8.01. The topological polar surface area (TPSA) is 59.7 Å². The van der Waals surface area contributed by atoms with Crippen molar-refractivity contribution >= 4 is 11.8 Å². The fraction of sp³-hybridized carbons (Fsp3) is 0.486. The van der Waals surface area contributed by atoms with Gasteiger partial charge in [-0.1, -0.05) is 95.8 Å². The molecule has 0 unspecified atom stereocenters. The zero-order valence-corrected chi connectivity index (χ0v) is 29.3. The number of aromatic nitrogens is 1. The van der Waals surface area contributed by atoms with Crippen LogP contribution in [0.25, 0.3) is 0 Å². The summed E-state index contributed by atoms with van der Waals surface area (Å²) in [5.74, 6) is 0.415. The predicted octanol–water partition coefficient (Wildman–Crippen LogP) is 5.39. The van der Waals surface area contributed by atoms with E-state index in [2.05, 4.69) is 6.92 Å². The van der Waals surface area contributed by atoms with Gasteiger partial charge in [0.05, 0.1) is 19.3 Å². The second-order valence-corrected chi connectivity index (χ2v) is 11.4. The molecule has 0 fully saturated rings. The minimum atomic E-state index is -0.405. The lowest BCUT2D eigenvalue weighted by Gasteiger charge is -2.22. The number of carbonyl (C=O) groups excluding carboxylic acids is 2. The van der Waals surface area contributed by atoms with E-state index in [0.29, 0.717) is 23.5 Å². The van der Waals surface area contributed by atoms with E-state index in [1.165, 1.54) is 82.6 Å². The summed E-state index contributed by atoms with van der Waals surface area (Å²) in [4.78, 5) is 29.0. The molecule has 0 N–H and O–H groups in total.